The Balaban J connectivity index is 1.78. The van der Waals surface area contributed by atoms with Crippen LogP contribution in [0.1, 0.15) is 44.2 Å². The third kappa shape index (κ3) is 6.84. The van der Waals surface area contributed by atoms with Gasteiger partial charge in [-0.2, -0.15) is 0 Å². The maximum atomic E-state index is 12.6. The summed E-state index contributed by atoms with van der Waals surface area (Å²) in [6, 6.07) is 4.01. The van der Waals surface area contributed by atoms with E-state index in [1.807, 2.05) is 17.0 Å². The molecule has 0 bridgehead atoms. The van der Waals surface area contributed by atoms with Crippen LogP contribution in [0.2, 0.25) is 0 Å². The first-order valence-electron chi connectivity index (χ1n) is 10.4. The highest BCUT2D eigenvalue weighted by atomic mass is 16.5. The number of rotatable bonds is 9. The fourth-order valence-corrected chi connectivity index (χ4v) is 3.40. The Morgan fingerprint density at radius 1 is 1.14 bits per heavy atom. The van der Waals surface area contributed by atoms with Crippen molar-refractivity contribution in [2.45, 2.75) is 46.1 Å². The molecule has 2 rings (SSSR count). The molecule has 1 aromatic carbocycles. The van der Waals surface area contributed by atoms with E-state index in [1.54, 1.807) is 21.3 Å². The van der Waals surface area contributed by atoms with Crippen LogP contribution in [0.15, 0.2) is 17.1 Å². The molecule has 1 aliphatic rings. The highest BCUT2D eigenvalue weighted by molar-refractivity contribution is 5.80. The Morgan fingerprint density at radius 3 is 2.41 bits per heavy atom. The lowest BCUT2D eigenvalue weighted by Crippen LogP contribution is -2.39. The SMILES string of the molecule is CN=C(NCCCC(=O)N1CCc2cc(OC)c(OC)cc2C1)NCCC(C)C. The van der Waals surface area contributed by atoms with E-state index in [4.69, 9.17) is 9.47 Å². The quantitative estimate of drug-likeness (QED) is 0.376. The number of benzene rings is 1. The lowest BCUT2D eigenvalue weighted by molar-refractivity contribution is -0.132. The largest absolute Gasteiger partial charge is 0.493 e. The summed E-state index contributed by atoms with van der Waals surface area (Å²) in [6.07, 6.45) is 3.25. The van der Waals surface area contributed by atoms with Gasteiger partial charge in [-0.3, -0.25) is 9.79 Å². The first kappa shape index (κ1) is 22.8. The van der Waals surface area contributed by atoms with Crippen LogP contribution in [-0.2, 0) is 17.8 Å². The van der Waals surface area contributed by atoms with E-state index in [1.165, 1.54) is 5.56 Å². The monoisotopic (exact) mass is 404 g/mol. The van der Waals surface area contributed by atoms with Gasteiger partial charge >= 0.3 is 0 Å². The van der Waals surface area contributed by atoms with Crippen molar-refractivity contribution in [2.24, 2.45) is 10.9 Å². The second-order valence-electron chi connectivity index (χ2n) is 7.75. The van der Waals surface area contributed by atoms with Gasteiger partial charge in [0.05, 0.1) is 14.2 Å². The van der Waals surface area contributed by atoms with Crippen LogP contribution in [-0.4, -0.2) is 57.7 Å². The van der Waals surface area contributed by atoms with Crippen LogP contribution in [0.5, 0.6) is 11.5 Å². The van der Waals surface area contributed by atoms with Crippen LogP contribution in [0.4, 0.5) is 0 Å². The van der Waals surface area contributed by atoms with Crippen LogP contribution >= 0.6 is 0 Å². The summed E-state index contributed by atoms with van der Waals surface area (Å²) in [5.41, 5.74) is 2.36. The van der Waals surface area contributed by atoms with Gasteiger partial charge in [0.15, 0.2) is 17.5 Å². The maximum absolute atomic E-state index is 12.6. The van der Waals surface area contributed by atoms with E-state index in [9.17, 15) is 4.79 Å². The molecule has 0 aliphatic carbocycles. The molecule has 1 amide bonds. The molecule has 1 aliphatic heterocycles. The zero-order chi connectivity index (χ0) is 21.2. The lowest BCUT2D eigenvalue weighted by Gasteiger charge is -2.29. The number of guanidine groups is 1. The maximum Gasteiger partial charge on any atom is 0.222 e. The van der Waals surface area contributed by atoms with Crippen LogP contribution in [0.3, 0.4) is 0 Å². The lowest BCUT2D eigenvalue weighted by atomic mass is 9.98. The van der Waals surface area contributed by atoms with Crippen LogP contribution in [0, 0.1) is 5.92 Å². The number of hydrogen-bond donors (Lipinski definition) is 2. The molecule has 0 saturated carbocycles. The van der Waals surface area contributed by atoms with E-state index in [0.717, 1.165) is 56.2 Å². The Labute approximate surface area is 174 Å². The van der Waals surface area contributed by atoms with Crippen molar-refractivity contribution >= 4 is 11.9 Å². The molecule has 0 unspecified atom stereocenters. The molecular weight excluding hydrogens is 368 g/mol. The van der Waals surface area contributed by atoms with E-state index < -0.39 is 0 Å². The summed E-state index contributed by atoms with van der Waals surface area (Å²) < 4.78 is 10.8. The van der Waals surface area contributed by atoms with Gasteiger partial charge in [0, 0.05) is 39.6 Å². The van der Waals surface area contributed by atoms with Gasteiger partial charge in [0.1, 0.15) is 0 Å². The van der Waals surface area contributed by atoms with Crippen LogP contribution in [0.25, 0.3) is 0 Å². The van der Waals surface area contributed by atoms with Gasteiger partial charge in [0.25, 0.3) is 0 Å². The minimum Gasteiger partial charge on any atom is -0.493 e. The second kappa shape index (κ2) is 11.5. The van der Waals surface area contributed by atoms with E-state index >= 15 is 0 Å². The molecule has 162 valence electrons. The smallest absolute Gasteiger partial charge is 0.222 e. The number of aliphatic imine (C=N–C) groups is 1. The fraction of sp³-hybridized carbons (Fsp3) is 0.636. The molecule has 7 heteroatoms. The molecule has 0 aromatic heterocycles. The molecule has 7 nitrogen and oxygen atoms in total. The van der Waals surface area contributed by atoms with Crippen molar-refractivity contribution in [1.82, 2.24) is 15.5 Å². The van der Waals surface area contributed by atoms with Gasteiger partial charge in [-0.1, -0.05) is 13.8 Å². The standard InChI is InChI=1S/C22H36N4O3/c1-16(2)8-11-25-22(23-3)24-10-6-7-21(27)26-12-9-17-13-19(28-4)20(29-5)14-18(17)15-26/h13-14,16H,6-12,15H2,1-5H3,(H2,23,24,25). The molecule has 0 saturated heterocycles. The summed E-state index contributed by atoms with van der Waals surface area (Å²) in [5.74, 6) is 3.10. The van der Waals surface area contributed by atoms with Gasteiger partial charge in [-0.25, -0.2) is 0 Å². The molecule has 29 heavy (non-hydrogen) atoms. The molecular formula is C22H36N4O3. The Hall–Kier alpha value is -2.44. The number of ether oxygens (including phenoxy) is 2. The zero-order valence-corrected chi connectivity index (χ0v) is 18.5. The van der Waals surface area contributed by atoms with Crippen molar-refractivity contribution in [3.05, 3.63) is 23.3 Å². The number of nitrogens with one attached hydrogen (secondary N) is 2. The fourth-order valence-electron chi connectivity index (χ4n) is 3.40. The summed E-state index contributed by atoms with van der Waals surface area (Å²) in [4.78, 5) is 18.8. The van der Waals surface area contributed by atoms with E-state index in [2.05, 4.69) is 29.5 Å². The molecule has 0 fully saturated rings. The highest BCUT2D eigenvalue weighted by Crippen LogP contribution is 2.33. The molecule has 0 spiro atoms. The average molecular weight is 405 g/mol. The van der Waals surface area contributed by atoms with Crippen molar-refractivity contribution < 1.29 is 14.3 Å². The van der Waals surface area contributed by atoms with Crippen molar-refractivity contribution in [2.75, 3.05) is 40.9 Å². The highest BCUT2D eigenvalue weighted by Gasteiger charge is 2.22. The van der Waals surface area contributed by atoms with Gasteiger partial charge in [-0.15, -0.1) is 0 Å². The van der Waals surface area contributed by atoms with Gasteiger partial charge in [0.2, 0.25) is 5.91 Å². The van der Waals surface area contributed by atoms with Gasteiger partial charge in [-0.05, 0) is 48.4 Å². The number of nitrogens with zero attached hydrogens (tertiary/aromatic N) is 2. The molecule has 1 heterocycles. The second-order valence-corrected chi connectivity index (χ2v) is 7.75. The number of amides is 1. The normalized spacial score (nSPS) is 13.9. The summed E-state index contributed by atoms with van der Waals surface area (Å²) in [7, 11) is 5.05. The molecule has 1 aromatic rings. The predicted molar refractivity (Wildman–Crippen MR) is 117 cm³/mol. The van der Waals surface area contributed by atoms with Crippen molar-refractivity contribution in [1.29, 1.82) is 0 Å². The summed E-state index contributed by atoms with van der Waals surface area (Å²) in [6.45, 7) is 7.40. The van der Waals surface area contributed by atoms with Crippen molar-refractivity contribution in [3.8, 4) is 11.5 Å². The predicted octanol–water partition coefficient (Wildman–Crippen LogP) is 2.58. The summed E-state index contributed by atoms with van der Waals surface area (Å²) >= 11 is 0. The van der Waals surface area contributed by atoms with Gasteiger partial charge < -0.3 is 25.0 Å². The number of carbonyl (C=O) groups is 1. The number of carbonyl (C=O) groups excluding carboxylic acids is 1. The minimum absolute atomic E-state index is 0.190. The summed E-state index contributed by atoms with van der Waals surface area (Å²) in [5, 5.41) is 6.59. The zero-order valence-electron chi connectivity index (χ0n) is 18.5. The molecule has 0 atom stereocenters. The minimum atomic E-state index is 0.190. The molecule has 0 radical (unpaired) electrons. The first-order chi connectivity index (χ1) is 14.0. The molecule has 2 N–H and O–H groups in total. The number of methoxy groups -OCH3 is 2. The van der Waals surface area contributed by atoms with E-state index in [0.29, 0.717) is 24.6 Å². The average Bonchev–Trinajstić information content (AvgIpc) is 2.73. The third-order valence-electron chi connectivity index (χ3n) is 5.17. The Kier molecular flexibility index (Phi) is 9.09. The Bertz CT molecular complexity index is 704. The topological polar surface area (TPSA) is 75.2 Å². The third-order valence-corrected chi connectivity index (χ3v) is 5.17. The van der Waals surface area contributed by atoms with Crippen LogP contribution < -0.4 is 20.1 Å². The first-order valence-corrected chi connectivity index (χ1v) is 10.4. The number of fused-ring (bicyclic) bond motifs is 1. The van der Waals surface area contributed by atoms with E-state index in [-0.39, 0.29) is 5.91 Å². The van der Waals surface area contributed by atoms with Crippen molar-refractivity contribution in [3.63, 3.8) is 0 Å². The Morgan fingerprint density at radius 2 is 1.79 bits per heavy atom. The number of hydrogen-bond acceptors (Lipinski definition) is 4.